The molecule has 0 amide bonds. The number of hydrogen-bond acceptors (Lipinski definition) is 6. The average Bonchev–Trinajstić information content (AvgIpc) is 2.57. The SMILES string of the molecule is CCOc1cccc(/C=N\Nc2ccccc2[N+](=O)[O-])c1OC(F)F. The van der Waals surface area contributed by atoms with E-state index in [1.54, 1.807) is 19.1 Å². The van der Waals surface area contributed by atoms with Crippen LogP contribution < -0.4 is 14.9 Å². The Morgan fingerprint density at radius 1 is 1.28 bits per heavy atom. The molecule has 0 atom stereocenters. The number of hydrogen-bond donors (Lipinski definition) is 1. The minimum Gasteiger partial charge on any atom is -0.490 e. The molecule has 0 saturated carbocycles. The molecule has 132 valence electrons. The van der Waals surface area contributed by atoms with Crippen LogP contribution in [0, 0.1) is 10.1 Å². The molecule has 2 rings (SSSR count). The predicted octanol–water partition coefficient (Wildman–Crippen LogP) is 4.04. The number of halogens is 2. The van der Waals surface area contributed by atoms with Gasteiger partial charge in [-0.05, 0) is 25.1 Å². The van der Waals surface area contributed by atoms with E-state index in [1.807, 2.05) is 0 Å². The largest absolute Gasteiger partial charge is 0.490 e. The van der Waals surface area contributed by atoms with Crippen LogP contribution in [0.15, 0.2) is 47.6 Å². The number of nitrogens with one attached hydrogen (secondary N) is 1. The van der Waals surface area contributed by atoms with Crippen molar-refractivity contribution in [3.63, 3.8) is 0 Å². The Morgan fingerprint density at radius 2 is 2.04 bits per heavy atom. The molecule has 0 fully saturated rings. The minimum absolute atomic E-state index is 0.150. The first-order valence-electron chi connectivity index (χ1n) is 7.26. The van der Waals surface area contributed by atoms with Crippen molar-refractivity contribution in [3.8, 4) is 11.5 Å². The van der Waals surface area contributed by atoms with Crippen molar-refractivity contribution in [3.05, 3.63) is 58.1 Å². The second-order valence-electron chi connectivity index (χ2n) is 4.63. The van der Waals surface area contributed by atoms with E-state index < -0.39 is 11.5 Å². The lowest BCUT2D eigenvalue weighted by Gasteiger charge is -2.13. The van der Waals surface area contributed by atoms with Gasteiger partial charge in [0, 0.05) is 11.6 Å². The van der Waals surface area contributed by atoms with Gasteiger partial charge >= 0.3 is 6.61 Å². The molecule has 0 aliphatic heterocycles. The number of rotatable bonds is 8. The van der Waals surface area contributed by atoms with Gasteiger partial charge in [0.2, 0.25) is 0 Å². The summed E-state index contributed by atoms with van der Waals surface area (Å²) in [5.41, 5.74) is 2.76. The maximum atomic E-state index is 12.6. The number of alkyl halides is 2. The van der Waals surface area contributed by atoms with E-state index in [9.17, 15) is 18.9 Å². The van der Waals surface area contributed by atoms with Crippen LogP contribution in [0.3, 0.4) is 0 Å². The van der Waals surface area contributed by atoms with Crippen LogP contribution in [-0.4, -0.2) is 24.4 Å². The van der Waals surface area contributed by atoms with Crippen LogP contribution in [0.2, 0.25) is 0 Å². The van der Waals surface area contributed by atoms with E-state index in [-0.39, 0.29) is 35.0 Å². The highest BCUT2D eigenvalue weighted by atomic mass is 19.3. The molecular formula is C16H15F2N3O4. The molecule has 2 aromatic rings. The summed E-state index contributed by atoms with van der Waals surface area (Å²) in [4.78, 5) is 10.4. The fourth-order valence-electron chi connectivity index (χ4n) is 2.02. The summed E-state index contributed by atoms with van der Waals surface area (Å²) in [6, 6.07) is 10.5. The molecule has 25 heavy (non-hydrogen) atoms. The Hall–Kier alpha value is -3.23. The van der Waals surface area contributed by atoms with Crippen molar-refractivity contribution < 1.29 is 23.2 Å². The van der Waals surface area contributed by atoms with Gasteiger partial charge in [0.05, 0.1) is 17.7 Å². The predicted molar refractivity (Wildman–Crippen MR) is 88.6 cm³/mol. The highest BCUT2D eigenvalue weighted by molar-refractivity contribution is 5.85. The van der Waals surface area contributed by atoms with Gasteiger partial charge in [-0.15, -0.1) is 0 Å². The smallest absolute Gasteiger partial charge is 0.387 e. The number of nitro benzene ring substituents is 1. The molecule has 9 heteroatoms. The van der Waals surface area contributed by atoms with E-state index in [0.29, 0.717) is 0 Å². The number of nitrogens with zero attached hydrogens (tertiary/aromatic N) is 2. The van der Waals surface area contributed by atoms with Crippen molar-refractivity contribution >= 4 is 17.6 Å². The van der Waals surface area contributed by atoms with Crippen molar-refractivity contribution in [1.29, 1.82) is 0 Å². The summed E-state index contributed by atoms with van der Waals surface area (Å²) in [6.07, 6.45) is 1.22. The third-order valence-corrected chi connectivity index (χ3v) is 3.01. The first-order chi connectivity index (χ1) is 12.0. The van der Waals surface area contributed by atoms with Crippen molar-refractivity contribution in [2.45, 2.75) is 13.5 Å². The molecule has 0 saturated heterocycles. The molecule has 2 aromatic carbocycles. The zero-order chi connectivity index (χ0) is 18.2. The lowest BCUT2D eigenvalue weighted by atomic mass is 10.2. The van der Waals surface area contributed by atoms with Gasteiger partial charge in [0.15, 0.2) is 11.5 Å². The van der Waals surface area contributed by atoms with E-state index in [0.717, 1.165) is 0 Å². The normalized spacial score (nSPS) is 10.9. The third-order valence-electron chi connectivity index (χ3n) is 3.01. The molecule has 0 radical (unpaired) electrons. The number of para-hydroxylation sites is 3. The lowest BCUT2D eigenvalue weighted by molar-refractivity contribution is -0.384. The molecule has 1 N–H and O–H groups in total. The molecular weight excluding hydrogens is 336 g/mol. The zero-order valence-electron chi connectivity index (χ0n) is 13.2. The maximum Gasteiger partial charge on any atom is 0.387 e. The molecule has 0 spiro atoms. The summed E-state index contributed by atoms with van der Waals surface area (Å²) >= 11 is 0. The van der Waals surface area contributed by atoms with Crippen LogP contribution in [0.5, 0.6) is 11.5 Å². The number of benzene rings is 2. The first kappa shape index (κ1) is 18.1. The van der Waals surface area contributed by atoms with Gasteiger partial charge in [-0.3, -0.25) is 15.5 Å². The van der Waals surface area contributed by atoms with Crippen LogP contribution in [0.1, 0.15) is 12.5 Å². The standard InChI is InChI=1S/C16H15F2N3O4/c1-2-24-14-9-5-6-11(15(14)25-16(17)18)10-19-20-12-7-3-4-8-13(12)21(22)23/h3-10,16,20H,2H2,1H3/b19-10-. The molecule has 7 nitrogen and oxygen atoms in total. The third kappa shape index (κ3) is 4.87. The van der Waals surface area contributed by atoms with Crippen LogP contribution in [0.4, 0.5) is 20.2 Å². The second-order valence-corrected chi connectivity index (χ2v) is 4.63. The number of ether oxygens (including phenoxy) is 2. The lowest BCUT2D eigenvalue weighted by Crippen LogP contribution is -2.07. The second kappa shape index (κ2) is 8.57. The van der Waals surface area contributed by atoms with E-state index in [2.05, 4.69) is 15.3 Å². The number of nitro groups is 1. The van der Waals surface area contributed by atoms with E-state index >= 15 is 0 Å². The van der Waals surface area contributed by atoms with Gasteiger partial charge in [-0.1, -0.05) is 18.2 Å². The Morgan fingerprint density at radius 3 is 2.72 bits per heavy atom. The van der Waals surface area contributed by atoms with E-state index in [4.69, 9.17) is 4.74 Å². The minimum atomic E-state index is -3.03. The Balaban J connectivity index is 2.26. The fraction of sp³-hybridized carbons (Fsp3) is 0.188. The summed E-state index contributed by atoms with van der Waals surface area (Å²) in [6.45, 7) is -1.05. The van der Waals surface area contributed by atoms with Gasteiger partial charge in [-0.2, -0.15) is 13.9 Å². The van der Waals surface area contributed by atoms with Crippen molar-refractivity contribution in [2.24, 2.45) is 5.10 Å². The molecule has 0 aromatic heterocycles. The summed E-state index contributed by atoms with van der Waals surface area (Å²) in [5, 5.41) is 14.8. The van der Waals surface area contributed by atoms with Crippen LogP contribution in [0.25, 0.3) is 0 Å². The number of hydrazone groups is 1. The monoisotopic (exact) mass is 351 g/mol. The molecule has 0 aliphatic rings. The number of anilines is 1. The van der Waals surface area contributed by atoms with Gasteiger partial charge in [0.25, 0.3) is 5.69 Å². The first-order valence-corrected chi connectivity index (χ1v) is 7.26. The Kier molecular flexibility index (Phi) is 6.21. The van der Waals surface area contributed by atoms with E-state index in [1.165, 1.54) is 36.5 Å². The van der Waals surface area contributed by atoms with Crippen LogP contribution >= 0.6 is 0 Å². The highest BCUT2D eigenvalue weighted by Crippen LogP contribution is 2.32. The fourth-order valence-corrected chi connectivity index (χ4v) is 2.02. The average molecular weight is 351 g/mol. The molecule has 0 aliphatic carbocycles. The summed E-state index contributed by atoms with van der Waals surface area (Å²) < 4.78 is 35.0. The van der Waals surface area contributed by atoms with Gasteiger partial charge in [-0.25, -0.2) is 0 Å². The molecule has 0 bridgehead atoms. The molecule has 0 heterocycles. The Labute approximate surface area is 142 Å². The van der Waals surface area contributed by atoms with Gasteiger partial charge < -0.3 is 9.47 Å². The molecule has 0 unspecified atom stereocenters. The Bertz CT molecular complexity index is 769. The van der Waals surface area contributed by atoms with Crippen LogP contribution in [-0.2, 0) is 0 Å². The topological polar surface area (TPSA) is 86.0 Å². The van der Waals surface area contributed by atoms with Crippen molar-refractivity contribution in [2.75, 3.05) is 12.0 Å². The van der Waals surface area contributed by atoms with Crippen molar-refractivity contribution in [1.82, 2.24) is 0 Å². The maximum absolute atomic E-state index is 12.6. The summed E-state index contributed by atoms with van der Waals surface area (Å²) in [7, 11) is 0. The zero-order valence-corrected chi connectivity index (χ0v) is 13.2. The van der Waals surface area contributed by atoms with Gasteiger partial charge in [0.1, 0.15) is 5.69 Å². The quantitative estimate of drug-likeness (QED) is 0.441. The highest BCUT2D eigenvalue weighted by Gasteiger charge is 2.15. The summed E-state index contributed by atoms with van der Waals surface area (Å²) in [5.74, 6) is -0.00935.